The van der Waals surface area contributed by atoms with Gasteiger partial charge in [0.05, 0.1) is 0 Å². The lowest BCUT2D eigenvalue weighted by atomic mass is 10.0. The van der Waals surface area contributed by atoms with Crippen molar-refractivity contribution in [3.8, 4) is 0 Å². The van der Waals surface area contributed by atoms with Crippen LogP contribution in [0.2, 0.25) is 0 Å². The lowest BCUT2D eigenvalue weighted by Crippen LogP contribution is -1.97. The fraction of sp³-hybridized carbons (Fsp3) is 0. The van der Waals surface area contributed by atoms with Gasteiger partial charge in [-0.1, -0.05) is 24.8 Å². The van der Waals surface area contributed by atoms with Gasteiger partial charge < -0.3 is 5.32 Å². The summed E-state index contributed by atoms with van der Waals surface area (Å²) in [4.78, 5) is 0. The minimum atomic E-state index is 1.07. The van der Waals surface area contributed by atoms with Gasteiger partial charge in [-0.25, -0.2) is 0 Å². The fourth-order valence-electron chi connectivity index (χ4n) is 1.21. The van der Waals surface area contributed by atoms with E-state index in [1.807, 2.05) is 30.5 Å². The van der Waals surface area contributed by atoms with Gasteiger partial charge >= 0.3 is 0 Å². The quantitative estimate of drug-likeness (QED) is 0.588. The zero-order chi connectivity index (χ0) is 7.68. The van der Waals surface area contributed by atoms with Crippen molar-refractivity contribution in [2.75, 3.05) is 5.32 Å². The Morgan fingerprint density at radius 2 is 2.00 bits per heavy atom. The first-order valence-electron chi connectivity index (χ1n) is 3.59. The second-order valence-electron chi connectivity index (χ2n) is 2.55. The Morgan fingerprint density at radius 1 is 1.18 bits per heavy atom. The minimum absolute atomic E-state index is 1.07. The van der Waals surface area contributed by atoms with E-state index in [0.717, 1.165) is 11.3 Å². The van der Waals surface area contributed by atoms with Gasteiger partial charge in [-0.3, -0.25) is 0 Å². The number of para-hydroxylation sites is 1. The van der Waals surface area contributed by atoms with E-state index in [-0.39, 0.29) is 0 Å². The van der Waals surface area contributed by atoms with Gasteiger partial charge in [0.25, 0.3) is 0 Å². The topological polar surface area (TPSA) is 12.0 Å². The molecule has 0 atom stereocenters. The molecule has 0 bridgehead atoms. The van der Waals surface area contributed by atoms with E-state index in [1.165, 1.54) is 5.56 Å². The van der Waals surface area contributed by atoms with Crippen molar-refractivity contribution in [2.45, 2.75) is 0 Å². The normalized spacial score (nSPS) is 14.0. The lowest BCUT2D eigenvalue weighted by Gasteiger charge is -2.13. The van der Waals surface area contributed by atoms with Gasteiger partial charge in [-0.2, -0.15) is 0 Å². The number of fused-ring (bicyclic) bond motifs is 1. The standard InChI is InChI=1S/C10H9N/c1-8-6-7-11-10-5-3-2-4-9(8)10/h2-7,11H,1H2. The van der Waals surface area contributed by atoms with E-state index in [1.54, 1.807) is 0 Å². The molecule has 54 valence electrons. The highest BCUT2D eigenvalue weighted by atomic mass is 14.8. The van der Waals surface area contributed by atoms with E-state index in [9.17, 15) is 0 Å². The molecule has 0 saturated heterocycles. The predicted molar refractivity (Wildman–Crippen MR) is 48.2 cm³/mol. The van der Waals surface area contributed by atoms with Crippen molar-refractivity contribution >= 4 is 11.3 Å². The molecule has 2 rings (SSSR count). The van der Waals surface area contributed by atoms with E-state index in [0.29, 0.717) is 0 Å². The van der Waals surface area contributed by atoms with Crippen LogP contribution >= 0.6 is 0 Å². The van der Waals surface area contributed by atoms with Gasteiger partial charge in [0.15, 0.2) is 0 Å². The molecule has 1 aliphatic rings. The van der Waals surface area contributed by atoms with Gasteiger partial charge in [-0.15, -0.1) is 0 Å². The molecule has 0 saturated carbocycles. The molecule has 1 N–H and O–H groups in total. The number of hydrogen-bond acceptors (Lipinski definition) is 1. The highest BCUT2D eigenvalue weighted by molar-refractivity contribution is 5.83. The lowest BCUT2D eigenvalue weighted by molar-refractivity contribution is 1.50. The van der Waals surface area contributed by atoms with Crippen LogP contribution in [-0.4, -0.2) is 0 Å². The summed E-state index contributed by atoms with van der Waals surface area (Å²) in [6, 6.07) is 8.14. The number of benzene rings is 1. The molecule has 1 aromatic rings. The zero-order valence-corrected chi connectivity index (χ0v) is 6.17. The van der Waals surface area contributed by atoms with Crippen molar-refractivity contribution in [2.24, 2.45) is 0 Å². The first-order chi connectivity index (χ1) is 5.38. The largest absolute Gasteiger partial charge is 0.361 e. The van der Waals surface area contributed by atoms with Crippen LogP contribution in [0.5, 0.6) is 0 Å². The van der Waals surface area contributed by atoms with Crippen LogP contribution < -0.4 is 5.32 Å². The molecule has 1 aliphatic heterocycles. The Labute approximate surface area is 66.1 Å². The van der Waals surface area contributed by atoms with Crippen LogP contribution in [0.3, 0.4) is 0 Å². The first-order valence-corrected chi connectivity index (χ1v) is 3.59. The monoisotopic (exact) mass is 143 g/mol. The molecular weight excluding hydrogens is 134 g/mol. The third kappa shape index (κ3) is 0.944. The molecule has 11 heavy (non-hydrogen) atoms. The van der Waals surface area contributed by atoms with Gasteiger partial charge in [0.2, 0.25) is 0 Å². The van der Waals surface area contributed by atoms with Crippen molar-refractivity contribution in [3.05, 3.63) is 48.7 Å². The molecule has 0 unspecified atom stereocenters. The summed E-state index contributed by atoms with van der Waals surface area (Å²) in [5.74, 6) is 0. The van der Waals surface area contributed by atoms with Gasteiger partial charge in [-0.05, 0) is 17.7 Å². The maximum absolute atomic E-state index is 3.93. The van der Waals surface area contributed by atoms with Crippen molar-refractivity contribution < 1.29 is 0 Å². The highest BCUT2D eigenvalue weighted by Crippen LogP contribution is 2.26. The average Bonchev–Trinajstić information content (AvgIpc) is 2.06. The number of rotatable bonds is 0. The summed E-state index contributed by atoms with van der Waals surface area (Å²) < 4.78 is 0. The molecule has 1 heterocycles. The second-order valence-corrected chi connectivity index (χ2v) is 2.55. The Hall–Kier alpha value is -1.50. The van der Waals surface area contributed by atoms with Crippen LogP contribution in [0.4, 0.5) is 5.69 Å². The zero-order valence-electron chi connectivity index (χ0n) is 6.17. The second kappa shape index (κ2) is 2.27. The number of hydrogen-bond donors (Lipinski definition) is 1. The minimum Gasteiger partial charge on any atom is -0.361 e. The molecular formula is C10H9N. The Morgan fingerprint density at radius 3 is 2.82 bits per heavy atom. The van der Waals surface area contributed by atoms with Crippen LogP contribution in [0, 0.1) is 0 Å². The summed E-state index contributed by atoms with van der Waals surface area (Å²) in [5.41, 5.74) is 3.40. The third-order valence-corrected chi connectivity index (χ3v) is 1.80. The first kappa shape index (κ1) is 6.23. The molecule has 0 radical (unpaired) electrons. The van der Waals surface area contributed by atoms with Crippen molar-refractivity contribution in [1.29, 1.82) is 0 Å². The van der Waals surface area contributed by atoms with E-state index in [2.05, 4.69) is 18.0 Å². The molecule has 0 fully saturated rings. The van der Waals surface area contributed by atoms with Crippen molar-refractivity contribution in [1.82, 2.24) is 0 Å². The van der Waals surface area contributed by atoms with E-state index >= 15 is 0 Å². The van der Waals surface area contributed by atoms with Crippen LogP contribution in [0.1, 0.15) is 5.56 Å². The molecule has 1 aromatic carbocycles. The molecule has 1 heteroatoms. The van der Waals surface area contributed by atoms with E-state index in [4.69, 9.17) is 0 Å². The fourth-order valence-corrected chi connectivity index (χ4v) is 1.21. The smallest absolute Gasteiger partial charge is 0.0459 e. The summed E-state index contributed by atoms with van der Waals surface area (Å²) in [7, 11) is 0. The Bertz CT molecular complexity index is 323. The average molecular weight is 143 g/mol. The molecule has 0 spiro atoms. The van der Waals surface area contributed by atoms with Crippen LogP contribution in [-0.2, 0) is 0 Å². The van der Waals surface area contributed by atoms with Gasteiger partial charge in [0, 0.05) is 17.5 Å². The van der Waals surface area contributed by atoms with E-state index < -0.39 is 0 Å². The molecule has 0 aromatic heterocycles. The Kier molecular flexibility index (Phi) is 1.29. The van der Waals surface area contributed by atoms with Gasteiger partial charge in [0.1, 0.15) is 0 Å². The maximum atomic E-state index is 3.93. The number of nitrogens with one attached hydrogen (secondary N) is 1. The summed E-state index contributed by atoms with van der Waals surface area (Å²) in [5, 5.41) is 3.15. The summed E-state index contributed by atoms with van der Waals surface area (Å²) >= 11 is 0. The summed E-state index contributed by atoms with van der Waals surface area (Å²) in [6.07, 6.45) is 3.88. The number of anilines is 1. The highest BCUT2D eigenvalue weighted by Gasteiger charge is 2.04. The number of allylic oxidation sites excluding steroid dienone is 2. The molecule has 0 aliphatic carbocycles. The SMILES string of the molecule is C=C1C=CNc2ccccc21. The molecule has 1 nitrogen and oxygen atoms in total. The maximum Gasteiger partial charge on any atom is 0.0459 e. The predicted octanol–water partition coefficient (Wildman–Crippen LogP) is 2.64. The third-order valence-electron chi connectivity index (χ3n) is 1.80. The van der Waals surface area contributed by atoms with Crippen LogP contribution in [0.25, 0.3) is 5.57 Å². The molecule has 0 amide bonds. The van der Waals surface area contributed by atoms with Crippen molar-refractivity contribution in [3.63, 3.8) is 0 Å². The summed E-state index contributed by atoms with van der Waals surface area (Å²) in [6.45, 7) is 3.93. The Balaban J connectivity index is 2.59. The van der Waals surface area contributed by atoms with Crippen LogP contribution in [0.15, 0.2) is 43.1 Å².